The molecule has 0 bridgehead atoms. The van der Waals surface area contributed by atoms with Crippen molar-refractivity contribution in [1.82, 2.24) is 9.80 Å². The average molecular weight is 360 g/mol. The molecule has 6 nitrogen and oxygen atoms in total. The van der Waals surface area contributed by atoms with Crippen molar-refractivity contribution in [1.29, 1.82) is 0 Å². The fourth-order valence-electron chi connectivity index (χ4n) is 4.20. The lowest BCUT2D eigenvalue weighted by atomic mass is 9.82. The van der Waals surface area contributed by atoms with E-state index in [0.717, 1.165) is 11.3 Å². The molecule has 2 aliphatic rings. The van der Waals surface area contributed by atoms with Crippen molar-refractivity contribution >= 4 is 11.8 Å². The summed E-state index contributed by atoms with van der Waals surface area (Å²) >= 11 is 0. The Balaban J connectivity index is 1.66. The van der Waals surface area contributed by atoms with Crippen LogP contribution in [0, 0.1) is 17.3 Å². The Bertz CT molecular complexity index is 690. The van der Waals surface area contributed by atoms with Crippen LogP contribution in [0.3, 0.4) is 0 Å². The Labute approximate surface area is 154 Å². The highest BCUT2D eigenvalue weighted by Crippen LogP contribution is 2.42. The first-order chi connectivity index (χ1) is 12.4. The van der Waals surface area contributed by atoms with Gasteiger partial charge in [0, 0.05) is 43.4 Å². The van der Waals surface area contributed by atoms with E-state index in [-0.39, 0.29) is 35.7 Å². The second-order valence-corrected chi connectivity index (χ2v) is 7.89. The first-order valence-corrected chi connectivity index (χ1v) is 9.19. The van der Waals surface area contributed by atoms with Gasteiger partial charge in [-0.05, 0) is 17.7 Å². The molecule has 2 fully saturated rings. The Morgan fingerprint density at radius 2 is 1.96 bits per heavy atom. The largest absolute Gasteiger partial charge is 0.497 e. The van der Waals surface area contributed by atoms with E-state index in [9.17, 15) is 14.7 Å². The van der Waals surface area contributed by atoms with Crippen LogP contribution in [-0.2, 0) is 16.0 Å². The number of hydrogen-bond acceptors (Lipinski definition) is 4. The maximum atomic E-state index is 12.8. The lowest BCUT2D eigenvalue weighted by Crippen LogP contribution is -2.41. The third-order valence-corrected chi connectivity index (χ3v) is 5.72. The summed E-state index contributed by atoms with van der Waals surface area (Å²) in [6.45, 7) is 6.07. The number of aliphatic hydroxyl groups excluding tert-OH is 1. The summed E-state index contributed by atoms with van der Waals surface area (Å²) < 4.78 is 5.21. The lowest BCUT2D eigenvalue weighted by Gasteiger charge is -2.28. The van der Waals surface area contributed by atoms with Crippen molar-refractivity contribution in [3.63, 3.8) is 0 Å². The zero-order chi connectivity index (χ0) is 18.9. The molecule has 3 rings (SSSR count). The first-order valence-electron chi connectivity index (χ1n) is 9.19. The predicted octanol–water partition coefficient (Wildman–Crippen LogP) is 1.17. The summed E-state index contributed by atoms with van der Waals surface area (Å²) in [5.41, 5.74) is 0.537. The van der Waals surface area contributed by atoms with Crippen LogP contribution >= 0.6 is 0 Å². The van der Waals surface area contributed by atoms with Gasteiger partial charge in [-0.15, -0.1) is 0 Å². The van der Waals surface area contributed by atoms with Gasteiger partial charge in [-0.1, -0.05) is 26.0 Å². The zero-order valence-electron chi connectivity index (χ0n) is 15.8. The minimum absolute atomic E-state index is 0.00246. The summed E-state index contributed by atoms with van der Waals surface area (Å²) in [5.74, 6) is 1.02. The summed E-state index contributed by atoms with van der Waals surface area (Å²) in [5, 5.41) is 10.0. The number of amides is 2. The van der Waals surface area contributed by atoms with Crippen molar-refractivity contribution < 1.29 is 19.4 Å². The highest BCUT2D eigenvalue weighted by molar-refractivity contribution is 5.80. The number of hydrogen-bond donors (Lipinski definition) is 1. The SMILES string of the molecule is COc1cccc(CC(=O)N2C[C@H]3CN(C(=O)C(C)C)C[C@@]3(CO)C2)c1. The molecule has 6 heteroatoms. The molecule has 2 saturated heterocycles. The summed E-state index contributed by atoms with van der Waals surface area (Å²) in [7, 11) is 1.61. The fourth-order valence-corrected chi connectivity index (χ4v) is 4.20. The van der Waals surface area contributed by atoms with Crippen LogP contribution in [0.25, 0.3) is 0 Å². The minimum atomic E-state index is -0.380. The van der Waals surface area contributed by atoms with E-state index in [1.54, 1.807) is 7.11 Å². The van der Waals surface area contributed by atoms with Gasteiger partial charge in [-0.3, -0.25) is 9.59 Å². The van der Waals surface area contributed by atoms with Crippen LogP contribution in [-0.4, -0.2) is 66.6 Å². The number of aliphatic hydroxyl groups is 1. The molecular weight excluding hydrogens is 332 g/mol. The molecule has 2 aliphatic heterocycles. The van der Waals surface area contributed by atoms with E-state index in [1.165, 1.54) is 0 Å². The molecule has 0 saturated carbocycles. The third-order valence-electron chi connectivity index (χ3n) is 5.72. The van der Waals surface area contributed by atoms with Crippen LogP contribution in [0.4, 0.5) is 0 Å². The van der Waals surface area contributed by atoms with E-state index in [1.807, 2.05) is 47.9 Å². The van der Waals surface area contributed by atoms with Gasteiger partial charge >= 0.3 is 0 Å². The van der Waals surface area contributed by atoms with Gasteiger partial charge in [0.05, 0.1) is 20.1 Å². The fraction of sp³-hybridized carbons (Fsp3) is 0.600. The van der Waals surface area contributed by atoms with Gasteiger partial charge in [0.2, 0.25) is 11.8 Å². The highest BCUT2D eigenvalue weighted by Gasteiger charge is 2.54. The van der Waals surface area contributed by atoms with Crippen molar-refractivity contribution in [2.24, 2.45) is 17.3 Å². The molecule has 142 valence electrons. The van der Waals surface area contributed by atoms with E-state index in [0.29, 0.717) is 32.6 Å². The van der Waals surface area contributed by atoms with Gasteiger partial charge in [0.1, 0.15) is 5.75 Å². The Morgan fingerprint density at radius 3 is 2.58 bits per heavy atom. The van der Waals surface area contributed by atoms with E-state index in [2.05, 4.69) is 0 Å². The van der Waals surface area contributed by atoms with Crippen LogP contribution in [0.5, 0.6) is 5.75 Å². The maximum absolute atomic E-state index is 12.8. The molecule has 1 aromatic carbocycles. The molecule has 2 heterocycles. The van der Waals surface area contributed by atoms with E-state index in [4.69, 9.17) is 4.74 Å². The number of fused-ring (bicyclic) bond motifs is 1. The average Bonchev–Trinajstić information content (AvgIpc) is 3.15. The molecule has 26 heavy (non-hydrogen) atoms. The Kier molecular flexibility index (Phi) is 5.23. The van der Waals surface area contributed by atoms with Crippen LogP contribution in [0.15, 0.2) is 24.3 Å². The number of likely N-dealkylation sites (tertiary alicyclic amines) is 2. The molecule has 2 amide bonds. The number of benzene rings is 1. The zero-order valence-corrected chi connectivity index (χ0v) is 15.8. The van der Waals surface area contributed by atoms with Crippen LogP contribution in [0.1, 0.15) is 19.4 Å². The van der Waals surface area contributed by atoms with Crippen molar-refractivity contribution in [3.05, 3.63) is 29.8 Å². The lowest BCUT2D eigenvalue weighted by molar-refractivity contribution is -0.134. The summed E-state index contributed by atoms with van der Waals surface area (Å²) in [6, 6.07) is 7.53. The van der Waals surface area contributed by atoms with Gasteiger partial charge in [0.15, 0.2) is 0 Å². The summed E-state index contributed by atoms with van der Waals surface area (Å²) in [6.07, 6.45) is 0.320. The quantitative estimate of drug-likeness (QED) is 0.856. The number of carbonyl (C=O) groups is 2. The number of ether oxygens (including phenoxy) is 1. The number of methoxy groups -OCH3 is 1. The smallest absolute Gasteiger partial charge is 0.227 e. The topological polar surface area (TPSA) is 70.1 Å². The van der Waals surface area contributed by atoms with Crippen LogP contribution in [0.2, 0.25) is 0 Å². The van der Waals surface area contributed by atoms with Crippen molar-refractivity contribution in [3.8, 4) is 5.75 Å². The Hall–Kier alpha value is -2.08. The summed E-state index contributed by atoms with van der Waals surface area (Å²) in [4.78, 5) is 28.8. The molecule has 0 aliphatic carbocycles. The van der Waals surface area contributed by atoms with Gasteiger partial charge in [-0.2, -0.15) is 0 Å². The van der Waals surface area contributed by atoms with Crippen molar-refractivity contribution in [2.45, 2.75) is 20.3 Å². The molecule has 0 radical (unpaired) electrons. The predicted molar refractivity (Wildman–Crippen MR) is 97.7 cm³/mol. The standard InChI is InChI=1S/C20H28N2O4/c1-14(2)19(25)22-10-16-9-21(11-20(16,12-22)13-23)18(24)8-15-5-4-6-17(7-15)26-3/h4-7,14,16,23H,8-13H2,1-3H3/t16-,20+/m0/s1. The number of rotatable bonds is 5. The van der Waals surface area contributed by atoms with Gasteiger partial charge in [0.25, 0.3) is 0 Å². The third kappa shape index (κ3) is 3.43. The molecule has 1 N–H and O–H groups in total. The normalized spacial score (nSPS) is 24.9. The van der Waals surface area contributed by atoms with E-state index < -0.39 is 0 Å². The molecule has 0 aromatic heterocycles. The van der Waals surface area contributed by atoms with Crippen LogP contribution < -0.4 is 4.74 Å². The molecule has 0 spiro atoms. The van der Waals surface area contributed by atoms with Crippen molar-refractivity contribution in [2.75, 3.05) is 39.9 Å². The first kappa shape index (κ1) is 18.7. The van der Waals surface area contributed by atoms with Gasteiger partial charge in [-0.25, -0.2) is 0 Å². The van der Waals surface area contributed by atoms with E-state index >= 15 is 0 Å². The molecular formula is C20H28N2O4. The maximum Gasteiger partial charge on any atom is 0.227 e. The molecule has 1 aromatic rings. The second kappa shape index (κ2) is 7.27. The monoisotopic (exact) mass is 360 g/mol. The number of nitrogens with zero attached hydrogens (tertiary/aromatic N) is 2. The minimum Gasteiger partial charge on any atom is -0.497 e. The number of carbonyl (C=O) groups excluding carboxylic acids is 2. The molecule has 2 atom stereocenters. The van der Waals surface area contributed by atoms with Gasteiger partial charge < -0.3 is 19.6 Å². The second-order valence-electron chi connectivity index (χ2n) is 7.89. The highest BCUT2D eigenvalue weighted by atomic mass is 16.5. The molecule has 0 unspecified atom stereocenters. The Morgan fingerprint density at radius 1 is 1.27 bits per heavy atom.